The van der Waals surface area contributed by atoms with Crippen LogP contribution in [0.1, 0.15) is 12.1 Å². The van der Waals surface area contributed by atoms with Crippen LogP contribution in [0.2, 0.25) is 0 Å². The number of ether oxygens (including phenoxy) is 2. The number of hydrogen-bond donors (Lipinski definition) is 1. The van der Waals surface area contributed by atoms with Crippen LogP contribution >= 0.6 is 11.8 Å². The molecule has 0 amide bonds. The minimum absolute atomic E-state index is 0.0539. The maximum Gasteiger partial charge on any atom is 0.326 e. The number of para-hydroxylation sites is 2. The molecule has 0 bridgehead atoms. The SMILES string of the molecule is O=c1[nH]c2ccccc2n1CCCSCc1cc(-c2ccc3c(c2)OCCO3)on1. The molecule has 0 unspecified atom stereocenters. The summed E-state index contributed by atoms with van der Waals surface area (Å²) in [6.07, 6.45) is 0.902. The third kappa shape index (κ3) is 3.82. The van der Waals surface area contributed by atoms with E-state index in [0.29, 0.717) is 25.5 Å². The van der Waals surface area contributed by atoms with Crippen molar-refractivity contribution in [2.75, 3.05) is 19.0 Å². The number of hydrogen-bond acceptors (Lipinski definition) is 6. The zero-order valence-electron chi connectivity index (χ0n) is 16.3. The topological polar surface area (TPSA) is 82.3 Å². The molecule has 0 saturated carbocycles. The second-order valence-corrected chi connectivity index (χ2v) is 8.15. The molecule has 154 valence electrons. The van der Waals surface area contributed by atoms with Crippen molar-refractivity contribution in [3.8, 4) is 22.8 Å². The number of nitrogens with zero attached hydrogens (tertiary/aromatic N) is 2. The summed E-state index contributed by atoms with van der Waals surface area (Å²) < 4.78 is 18.5. The highest BCUT2D eigenvalue weighted by molar-refractivity contribution is 7.98. The average molecular weight is 423 g/mol. The number of imidazole rings is 1. The Labute approximate surface area is 177 Å². The molecule has 30 heavy (non-hydrogen) atoms. The molecule has 0 saturated heterocycles. The van der Waals surface area contributed by atoms with Gasteiger partial charge in [-0.15, -0.1) is 0 Å². The molecule has 1 N–H and O–H groups in total. The molecule has 8 heteroatoms. The Kier molecular flexibility index (Phi) is 5.23. The number of aryl methyl sites for hydroxylation is 1. The summed E-state index contributed by atoms with van der Waals surface area (Å²) in [5, 5.41) is 4.18. The molecule has 0 aliphatic carbocycles. The van der Waals surface area contributed by atoms with Crippen molar-refractivity contribution >= 4 is 22.8 Å². The van der Waals surface area contributed by atoms with Gasteiger partial charge in [0.1, 0.15) is 13.2 Å². The van der Waals surface area contributed by atoms with Crippen LogP contribution in [0.4, 0.5) is 0 Å². The maximum atomic E-state index is 12.1. The van der Waals surface area contributed by atoms with Crippen molar-refractivity contribution in [1.82, 2.24) is 14.7 Å². The minimum Gasteiger partial charge on any atom is -0.486 e. The van der Waals surface area contributed by atoms with Crippen LogP contribution in [0.15, 0.2) is 57.8 Å². The van der Waals surface area contributed by atoms with Crippen molar-refractivity contribution in [1.29, 1.82) is 0 Å². The lowest BCUT2D eigenvalue weighted by atomic mass is 10.1. The van der Waals surface area contributed by atoms with Gasteiger partial charge in [-0.25, -0.2) is 4.79 Å². The van der Waals surface area contributed by atoms with Crippen LogP contribution in [0.5, 0.6) is 11.5 Å². The van der Waals surface area contributed by atoms with Gasteiger partial charge in [-0.3, -0.25) is 4.57 Å². The standard InChI is InChI=1S/C22H21N3O4S/c26-22-23-17-4-1-2-5-18(17)25(22)8-3-11-30-14-16-13-20(29-24-16)15-6-7-19-21(12-15)28-10-9-27-19/h1-2,4-7,12-13H,3,8-11,14H2,(H,23,26). The predicted molar refractivity (Wildman–Crippen MR) is 116 cm³/mol. The van der Waals surface area contributed by atoms with Crippen molar-refractivity contribution in [3.63, 3.8) is 0 Å². The minimum atomic E-state index is -0.0539. The molecule has 5 rings (SSSR count). The Morgan fingerprint density at radius 3 is 2.87 bits per heavy atom. The molecule has 3 heterocycles. The van der Waals surface area contributed by atoms with Crippen molar-refractivity contribution < 1.29 is 14.0 Å². The van der Waals surface area contributed by atoms with Gasteiger partial charge in [0.15, 0.2) is 17.3 Å². The molecule has 1 aliphatic rings. The molecular weight excluding hydrogens is 402 g/mol. The van der Waals surface area contributed by atoms with Crippen LogP contribution < -0.4 is 15.2 Å². The smallest absolute Gasteiger partial charge is 0.326 e. The highest BCUT2D eigenvalue weighted by atomic mass is 32.2. The van der Waals surface area contributed by atoms with Crippen LogP contribution in [0.3, 0.4) is 0 Å². The fourth-order valence-corrected chi connectivity index (χ4v) is 4.37. The summed E-state index contributed by atoms with van der Waals surface area (Å²) >= 11 is 1.78. The highest BCUT2D eigenvalue weighted by Crippen LogP contribution is 2.34. The Balaban J connectivity index is 1.15. The number of nitrogens with one attached hydrogen (secondary N) is 1. The van der Waals surface area contributed by atoms with Crippen LogP contribution in [0.25, 0.3) is 22.4 Å². The zero-order valence-corrected chi connectivity index (χ0v) is 17.1. The van der Waals surface area contributed by atoms with Gasteiger partial charge in [0.25, 0.3) is 0 Å². The van der Waals surface area contributed by atoms with E-state index in [1.54, 1.807) is 16.3 Å². The second kappa shape index (κ2) is 8.31. The number of thioether (sulfide) groups is 1. The van der Waals surface area contributed by atoms with Gasteiger partial charge in [-0.1, -0.05) is 17.3 Å². The quantitative estimate of drug-likeness (QED) is 0.451. The Hall–Kier alpha value is -3.13. The van der Waals surface area contributed by atoms with Gasteiger partial charge in [-0.2, -0.15) is 11.8 Å². The summed E-state index contributed by atoms with van der Waals surface area (Å²) in [6.45, 7) is 1.82. The third-order valence-corrected chi connectivity index (χ3v) is 6.06. The van der Waals surface area contributed by atoms with E-state index in [9.17, 15) is 4.79 Å². The molecule has 0 fully saturated rings. The molecule has 2 aromatic carbocycles. The Bertz CT molecular complexity index is 1230. The molecule has 1 aliphatic heterocycles. The number of H-pyrrole nitrogens is 1. The largest absolute Gasteiger partial charge is 0.486 e. The lowest BCUT2D eigenvalue weighted by Gasteiger charge is -2.18. The maximum absolute atomic E-state index is 12.1. The third-order valence-electron chi connectivity index (χ3n) is 4.99. The van der Waals surface area contributed by atoms with E-state index in [4.69, 9.17) is 14.0 Å². The first kappa shape index (κ1) is 18.9. The van der Waals surface area contributed by atoms with E-state index in [0.717, 1.165) is 51.7 Å². The molecule has 7 nitrogen and oxygen atoms in total. The normalized spacial score (nSPS) is 13.1. The van der Waals surface area contributed by atoms with Crippen LogP contribution in [-0.2, 0) is 12.3 Å². The first-order valence-electron chi connectivity index (χ1n) is 9.89. The Morgan fingerprint density at radius 1 is 1.07 bits per heavy atom. The molecule has 4 aromatic rings. The molecule has 0 spiro atoms. The first-order chi connectivity index (χ1) is 14.8. The number of fused-ring (bicyclic) bond motifs is 2. The summed E-state index contributed by atoms with van der Waals surface area (Å²) in [6, 6.07) is 15.5. The second-order valence-electron chi connectivity index (χ2n) is 7.05. The number of aromatic amines is 1. The zero-order chi connectivity index (χ0) is 20.3. The van der Waals surface area contributed by atoms with E-state index in [2.05, 4.69) is 10.1 Å². The predicted octanol–water partition coefficient (Wildman–Crippen LogP) is 4.08. The molecular formula is C22H21N3O4S. The number of aromatic nitrogens is 3. The monoisotopic (exact) mass is 423 g/mol. The highest BCUT2D eigenvalue weighted by Gasteiger charge is 2.15. The van der Waals surface area contributed by atoms with Crippen LogP contribution in [-0.4, -0.2) is 33.7 Å². The molecule has 2 aromatic heterocycles. The van der Waals surface area contributed by atoms with Gasteiger partial charge in [0, 0.05) is 23.9 Å². The summed E-state index contributed by atoms with van der Waals surface area (Å²) in [4.78, 5) is 15.0. The van der Waals surface area contributed by atoms with E-state index in [-0.39, 0.29) is 5.69 Å². The van der Waals surface area contributed by atoms with E-state index in [1.807, 2.05) is 48.5 Å². The van der Waals surface area contributed by atoms with Crippen molar-refractivity contribution in [3.05, 3.63) is 64.7 Å². The van der Waals surface area contributed by atoms with Gasteiger partial charge < -0.3 is 19.0 Å². The molecule has 0 radical (unpaired) electrons. The average Bonchev–Trinajstić information content (AvgIpc) is 3.37. The van der Waals surface area contributed by atoms with Gasteiger partial charge in [0.05, 0.1) is 16.7 Å². The summed E-state index contributed by atoms with van der Waals surface area (Å²) in [5.74, 6) is 3.90. The fourth-order valence-electron chi connectivity index (χ4n) is 3.54. The lowest BCUT2D eigenvalue weighted by Crippen LogP contribution is -2.17. The Morgan fingerprint density at radius 2 is 1.93 bits per heavy atom. The van der Waals surface area contributed by atoms with E-state index >= 15 is 0 Å². The van der Waals surface area contributed by atoms with Crippen molar-refractivity contribution in [2.24, 2.45) is 0 Å². The summed E-state index contributed by atoms with van der Waals surface area (Å²) in [7, 11) is 0. The summed E-state index contributed by atoms with van der Waals surface area (Å²) in [5.41, 5.74) is 3.59. The number of rotatable bonds is 7. The fraction of sp³-hybridized carbons (Fsp3) is 0.273. The van der Waals surface area contributed by atoms with E-state index < -0.39 is 0 Å². The first-order valence-corrected chi connectivity index (χ1v) is 11.0. The van der Waals surface area contributed by atoms with E-state index in [1.165, 1.54) is 0 Å². The van der Waals surface area contributed by atoms with Gasteiger partial charge >= 0.3 is 5.69 Å². The number of benzene rings is 2. The van der Waals surface area contributed by atoms with Gasteiger partial charge in [-0.05, 0) is 42.5 Å². The van der Waals surface area contributed by atoms with Crippen molar-refractivity contribution in [2.45, 2.75) is 18.7 Å². The lowest BCUT2D eigenvalue weighted by molar-refractivity contribution is 0.171. The van der Waals surface area contributed by atoms with Crippen LogP contribution in [0, 0.1) is 0 Å². The molecule has 0 atom stereocenters. The van der Waals surface area contributed by atoms with Gasteiger partial charge in [0.2, 0.25) is 0 Å².